The molecule has 0 saturated heterocycles. The van der Waals surface area contributed by atoms with Gasteiger partial charge in [0.1, 0.15) is 0 Å². The third-order valence-corrected chi connectivity index (χ3v) is 6.05. The molecule has 0 bridgehead atoms. The summed E-state index contributed by atoms with van der Waals surface area (Å²) >= 11 is 12.3. The summed E-state index contributed by atoms with van der Waals surface area (Å²) < 4.78 is 0. The normalized spacial score (nSPS) is 15.6. The molecule has 0 aliphatic heterocycles. The van der Waals surface area contributed by atoms with Gasteiger partial charge in [-0.1, -0.05) is 54.4 Å². The molecule has 27 heavy (non-hydrogen) atoms. The summed E-state index contributed by atoms with van der Waals surface area (Å²) in [5, 5.41) is 4.61. The molecule has 144 valence electrons. The summed E-state index contributed by atoms with van der Waals surface area (Å²) in [7, 11) is 0. The van der Waals surface area contributed by atoms with Crippen molar-refractivity contribution >= 4 is 28.9 Å². The molecule has 3 rings (SSSR count). The second-order valence-corrected chi connectivity index (χ2v) is 8.01. The Balaban J connectivity index is 1.69. The van der Waals surface area contributed by atoms with Crippen molar-refractivity contribution in [3.63, 3.8) is 0 Å². The molecule has 0 radical (unpaired) electrons. The van der Waals surface area contributed by atoms with Gasteiger partial charge in [0, 0.05) is 25.3 Å². The minimum absolute atomic E-state index is 0.599. The number of fused-ring (bicyclic) bond motifs is 1. The van der Waals surface area contributed by atoms with Crippen LogP contribution in [0.4, 0.5) is 5.69 Å². The molecule has 0 amide bonds. The highest BCUT2D eigenvalue weighted by molar-refractivity contribution is 6.42. The molecule has 0 fully saturated rings. The number of nitrogens with one attached hydrogen (secondary N) is 1. The summed E-state index contributed by atoms with van der Waals surface area (Å²) in [6.07, 6.45) is 5.37. The zero-order valence-corrected chi connectivity index (χ0v) is 17.5. The van der Waals surface area contributed by atoms with Gasteiger partial charge in [0.2, 0.25) is 0 Å². The molecule has 1 unspecified atom stereocenters. The average Bonchev–Trinajstić information content (AvgIpc) is 3.09. The third-order valence-electron chi connectivity index (χ3n) is 5.32. The highest BCUT2D eigenvalue weighted by Gasteiger charge is 2.19. The van der Waals surface area contributed by atoms with Crippen molar-refractivity contribution in [1.82, 2.24) is 5.32 Å². The van der Waals surface area contributed by atoms with E-state index in [4.69, 9.17) is 23.2 Å². The van der Waals surface area contributed by atoms with Crippen LogP contribution in [-0.2, 0) is 19.3 Å². The van der Waals surface area contributed by atoms with Crippen LogP contribution in [0.1, 0.15) is 23.6 Å². The van der Waals surface area contributed by atoms with Crippen molar-refractivity contribution in [1.29, 1.82) is 0 Å². The molecule has 0 aromatic heterocycles. The van der Waals surface area contributed by atoms with E-state index in [-0.39, 0.29) is 0 Å². The molecule has 1 atom stereocenters. The standard InChI is InChI=1S/C23H28Cl2N2/c1-3-17-13-19-6-5-18(15-20(19)14-17)9-11-27(12-10-26-4-2)21-7-8-22(24)23(25)16-21/h3,5-8,15-17,26H,1,4,9-14H2,2H3. The largest absolute Gasteiger partial charge is 0.370 e. The van der Waals surface area contributed by atoms with Crippen molar-refractivity contribution in [3.8, 4) is 0 Å². The maximum atomic E-state index is 6.25. The van der Waals surface area contributed by atoms with Crippen LogP contribution in [0.2, 0.25) is 10.0 Å². The first-order chi connectivity index (χ1) is 13.1. The lowest BCUT2D eigenvalue weighted by atomic mass is 10.0. The SMILES string of the molecule is C=CC1Cc2ccc(CCN(CCNCC)c3ccc(Cl)c(Cl)c3)cc2C1. The fourth-order valence-electron chi connectivity index (χ4n) is 3.73. The van der Waals surface area contributed by atoms with E-state index in [1.807, 2.05) is 12.1 Å². The fraction of sp³-hybridized carbons (Fsp3) is 0.391. The number of benzene rings is 2. The van der Waals surface area contributed by atoms with Crippen LogP contribution in [0.25, 0.3) is 0 Å². The predicted octanol–water partition coefficient (Wildman–Crippen LogP) is 5.55. The predicted molar refractivity (Wildman–Crippen MR) is 118 cm³/mol. The molecular weight excluding hydrogens is 375 g/mol. The van der Waals surface area contributed by atoms with Crippen LogP contribution >= 0.6 is 23.2 Å². The van der Waals surface area contributed by atoms with Crippen LogP contribution in [-0.4, -0.2) is 26.2 Å². The molecule has 0 saturated carbocycles. The highest BCUT2D eigenvalue weighted by atomic mass is 35.5. The number of hydrogen-bond acceptors (Lipinski definition) is 2. The maximum absolute atomic E-state index is 6.25. The minimum Gasteiger partial charge on any atom is -0.370 e. The Morgan fingerprint density at radius 3 is 2.63 bits per heavy atom. The summed E-state index contributed by atoms with van der Waals surface area (Å²) in [5.41, 5.74) is 5.49. The second kappa shape index (κ2) is 9.64. The first-order valence-electron chi connectivity index (χ1n) is 9.74. The van der Waals surface area contributed by atoms with Crippen molar-refractivity contribution in [2.45, 2.75) is 26.2 Å². The zero-order valence-electron chi connectivity index (χ0n) is 16.0. The fourth-order valence-corrected chi connectivity index (χ4v) is 4.03. The Labute approximate surface area is 173 Å². The number of nitrogens with zero attached hydrogens (tertiary/aromatic N) is 1. The summed E-state index contributed by atoms with van der Waals surface area (Å²) in [6.45, 7) is 9.90. The Morgan fingerprint density at radius 2 is 1.89 bits per heavy atom. The molecule has 1 N–H and O–H groups in total. The number of halogens is 2. The molecule has 2 nitrogen and oxygen atoms in total. The Morgan fingerprint density at radius 1 is 1.07 bits per heavy atom. The van der Waals surface area contributed by atoms with Crippen LogP contribution in [0.5, 0.6) is 0 Å². The number of likely N-dealkylation sites (N-methyl/N-ethyl adjacent to an activating group) is 1. The lowest BCUT2D eigenvalue weighted by molar-refractivity contribution is 0.677. The molecule has 0 heterocycles. The summed E-state index contributed by atoms with van der Waals surface area (Å²) in [5.74, 6) is 0.600. The van der Waals surface area contributed by atoms with E-state index in [1.54, 1.807) is 0 Å². The van der Waals surface area contributed by atoms with E-state index in [0.717, 1.165) is 51.1 Å². The maximum Gasteiger partial charge on any atom is 0.0612 e. The van der Waals surface area contributed by atoms with Gasteiger partial charge in [-0.25, -0.2) is 0 Å². The molecule has 4 heteroatoms. The Hall–Kier alpha value is -1.48. The number of allylic oxidation sites excluding steroid dienone is 1. The van der Waals surface area contributed by atoms with Gasteiger partial charge in [0.05, 0.1) is 10.0 Å². The monoisotopic (exact) mass is 402 g/mol. The third kappa shape index (κ3) is 5.28. The van der Waals surface area contributed by atoms with E-state index in [2.05, 4.69) is 54.1 Å². The molecule has 0 spiro atoms. The molecule has 2 aromatic rings. The number of hydrogen-bond donors (Lipinski definition) is 1. The summed E-state index contributed by atoms with van der Waals surface area (Å²) in [4.78, 5) is 2.38. The van der Waals surface area contributed by atoms with E-state index in [1.165, 1.54) is 16.7 Å². The van der Waals surface area contributed by atoms with Gasteiger partial charge in [0.15, 0.2) is 0 Å². The lowest BCUT2D eigenvalue weighted by Crippen LogP contribution is -2.33. The Kier molecular flexibility index (Phi) is 7.23. The van der Waals surface area contributed by atoms with Crippen LogP contribution < -0.4 is 10.2 Å². The van der Waals surface area contributed by atoms with Crippen LogP contribution in [0, 0.1) is 5.92 Å². The van der Waals surface area contributed by atoms with E-state index in [9.17, 15) is 0 Å². The second-order valence-electron chi connectivity index (χ2n) is 7.20. The van der Waals surface area contributed by atoms with Gasteiger partial charge in [-0.2, -0.15) is 0 Å². The molecule has 2 aromatic carbocycles. The highest BCUT2D eigenvalue weighted by Crippen LogP contribution is 2.29. The van der Waals surface area contributed by atoms with Gasteiger partial charge >= 0.3 is 0 Å². The van der Waals surface area contributed by atoms with Gasteiger partial charge in [-0.15, -0.1) is 6.58 Å². The average molecular weight is 403 g/mol. The van der Waals surface area contributed by atoms with Gasteiger partial charge < -0.3 is 10.2 Å². The Bertz CT molecular complexity index is 788. The zero-order chi connectivity index (χ0) is 19.2. The van der Waals surface area contributed by atoms with Gasteiger partial charge in [-0.05, 0) is 66.6 Å². The number of rotatable bonds is 9. The molecule has 1 aliphatic carbocycles. The van der Waals surface area contributed by atoms with E-state index >= 15 is 0 Å². The first kappa shape index (κ1) is 20.3. The quantitative estimate of drug-likeness (QED) is 0.436. The molecular formula is C23H28Cl2N2. The van der Waals surface area contributed by atoms with E-state index in [0.29, 0.717) is 16.0 Å². The molecule has 1 aliphatic rings. The van der Waals surface area contributed by atoms with Crippen molar-refractivity contribution < 1.29 is 0 Å². The minimum atomic E-state index is 0.599. The smallest absolute Gasteiger partial charge is 0.0612 e. The van der Waals surface area contributed by atoms with E-state index < -0.39 is 0 Å². The topological polar surface area (TPSA) is 15.3 Å². The van der Waals surface area contributed by atoms with Crippen molar-refractivity contribution in [3.05, 3.63) is 75.8 Å². The summed E-state index contributed by atoms with van der Waals surface area (Å²) in [6, 6.07) is 12.9. The van der Waals surface area contributed by atoms with Gasteiger partial charge in [0.25, 0.3) is 0 Å². The first-order valence-corrected chi connectivity index (χ1v) is 10.5. The van der Waals surface area contributed by atoms with Crippen molar-refractivity contribution in [2.24, 2.45) is 5.92 Å². The van der Waals surface area contributed by atoms with Crippen molar-refractivity contribution in [2.75, 3.05) is 31.1 Å². The lowest BCUT2D eigenvalue weighted by Gasteiger charge is -2.25. The number of anilines is 1. The van der Waals surface area contributed by atoms with Crippen LogP contribution in [0.3, 0.4) is 0 Å². The van der Waals surface area contributed by atoms with Crippen LogP contribution in [0.15, 0.2) is 49.1 Å². The van der Waals surface area contributed by atoms with Gasteiger partial charge in [-0.3, -0.25) is 0 Å².